The molecule has 1 aromatic heterocycles. The summed E-state index contributed by atoms with van der Waals surface area (Å²) in [5, 5.41) is 11.5. The number of aromatic carboxylic acids is 1. The molecule has 4 nitrogen and oxygen atoms in total. The molecule has 0 aliphatic heterocycles. The summed E-state index contributed by atoms with van der Waals surface area (Å²) in [7, 11) is 0. The van der Waals surface area contributed by atoms with Gasteiger partial charge in [0.2, 0.25) is 5.91 Å². The first-order chi connectivity index (χ1) is 7.54. The third kappa shape index (κ3) is 3.61. The quantitative estimate of drug-likeness (QED) is 0.877. The summed E-state index contributed by atoms with van der Waals surface area (Å²) < 4.78 is 0.690. The third-order valence-corrected chi connectivity index (χ3v) is 3.55. The number of nitrogens with one attached hydrogen (secondary N) is 1. The maximum atomic E-state index is 11.4. The Hall–Kier alpha value is -0.880. The van der Waals surface area contributed by atoms with Gasteiger partial charge in [0, 0.05) is 6.42 Å². The lowest BCUT2D eigenvalue weighted by molar-refractivity contribution is -0.116. The van der Waals surface area contributed by atoms with E-state index in [1.807, 2.05) is 6.92 Å². The number of carbonyl (C=O) groups excluding carboxylic acids is 1. The fourth-order valence-electron chi connectivity index (χ4n) is 1.16. The number of rotatable bonds is 5. The lowest BCUT2D eigenvalue weighted by Crippen LogP contribution is -2.12. The topological polar surface area (TPSA) is 66.4 Å². The first-order valence-electron chi connectivity index (χ1n) is 4.87. The van der Waals surface area contributed by atoms with Crippen LogP contribution in [0.15, 0.2) is 9.85 Å². The molecule has 6 heteroatoms. The van der Waals surface area contributed by atoms with Crippen molar-refractivity contribution in [1.82, 2.24) is 0 Å². The summed E-state index contributed by atoms with van der Waals surface area (Å²) in [6.07, 6.45) is 2.16. The molecule has 0 spiro atoms. The predicted octanol–water partition coefficient (Wildman–Crippen LogP) is 3.34. The summed E-state index contributed by atoms with van der Waals surface area (Å²) in [5.74, 6) is -1.17. The molecule has 16 heavy (non-hydrogen) atoms. The van der Waals surface area contributed by atoms with E-state index < -0.39 is 5.97 Å². The highest BCUT2D eigenvalue weighted by Gasteiger charge is 2.16. The smallest absolute Gasteiger partial charge is 0.348 e. The van der Waals surface area contributed by atoms with Gasteiger partial charge in [0.05, 0.1) is 9.47 Å². The first-order valence-corrected chi connectivity index (χ1v) is 6.48. The van der Waals surface area contributed by atoms with Crippen LogP contribution in [-0.4, -0.2) is 17.0 Å². The largest absolute Gasteiger partial charge is 0.477 e. The number of halogens is 1. The Kier molecular flexibility index (Phi) is 4.95. The second kappa shape index (κ2) is 6.00. The Labute approximate surface area is 106 Å². The summed E-state index contributed by atoms with van der Waals surface area (Å²) in [4.78, 5) is 22.5. The lowest BCUT2D eigenvalue weighted by Gasteiger charge is -2.03. The van der Waals surface area contributed by atoms with E-state index in [1.165, 1.54) is 0 Å². The zero-order valence-electron chi connectivity index (χ0n) is 8.75. The molecule has 0 radical (unpaired) electrons. The van der Waals surface area contributed by atoms with Gasteiger partial charge in [-0.15, -0.1) is 11.3 Å². The minimum absolute atomic E-state index is 0.144. The number of anilines is 1. The van der Waals surface area contributed by atoms with Gasteiger partial charge in [-0.25, -0.2) is 4.79 Å². The average molecular weight is 306 g/mol. The van der Waals surface area contributed by atoms with E-state index in [0.717, 1.165) is 24.2 Å². The zero-order chi connectivity index (χ0) is 12.1. The number of carbonyl (C=O) groups is 2. The van der Waals surface area contributed by atoms with E-state index in [4.69, 9.17) is 5.11 Å². The summed E-state index contributed by atoms with van der Waals surface area (Å²) in [6, 6.07) is 1.61. The Balaban J connectivity index is 2.72. The second-order valence-corrected chi connectivity index (χ2v) is 5.68. The van der Waals surface area contributed by atoms with Crippen molar-refractivity contribution in [2.24, 2.45) is 0 Å². The van der Waals surface area contributed by atoms with Gasteiger partial charge in [0.25, 0.3) is 0 Å². The van der Waals surface area contributed by atoms with Crippen LogP contribution < -0.4 is 5.32 Å². The van der Waals surface area contributed by atoms with Gasteiger partial charge in [-0.1, -0.05) is 13.3 Å². The summed E-state index contributed by atoms with van der Waals surface area (Å²) >= 11 is 4.29. The SMILES string of the molecule is CCCCC(=O)Nc1cc(Br)sc1C(=O)O. The van der Waals surface area contributed by atoms with Crippen LogP contribution in [0.3, 0.4) is 0 Å². The molecule has 88 valence electrons. The molecule has 1 aromatic rings. The standard InChI is InChI=1S/C10H12BrNO3S/c1-2-3-4-8(13)12-6-5-7(11)16-9(6)10(14)15/h5H,2-4H2,1H3,(H,12,13)(H,14,15). The molecule has 0 atom stereocenters. The molecule has 1 rings (SSSR count). The normalized spacial score (nSPS) is 10.1. The van der Waals surface area contributed by atoms with Gasteiger partial charge < -0.3 is 10.4 Å². The molecule has 2 N–H and O–H groups in total. The third-order valence-electron chi connectivity index (χ3n) is 1.93. The van der Waals surface area contributed by atoms with Gasteiger partial charge in [-0.3, -0.25) is 4.79 Å². The van der Waals surface area contributed by atoms with Crippen molar-refractivity contribution in [2.75, 3.05) is 5.32 Å². The Morgan fingerprint density at radius 3 is 2.81 bits per heavy atom. The van der Waals surface area contributed by atoms with Crippen LogP contribution >= 0.6 is 27.3 Å². The van der Waals surface area contributed by atoms with E-state index >= 15 is 0 Å². The molecule has 1 amide bonds. The predicted molar refractivity (Wildman–Crippen MR) is 67.1 cm³/mol. The van der Waals surface area contributed by atoms with Crippen molar-refractivity contribution in [3.05, 3.63) is 14.7 Å². The first kappa shape index (κ1) is 13.2. The van der Waals surface area contributed by atoms with E-state index in [-0.39, 0.29) is 10.8 Å². The van der Waals surface area contributed by atoms with Crippen LogP contribution in [0.1, 0.15) is 35.9 Å². The molecule has 0 unspecified atom stereocenters. The van der Waals surface area contributed by atoms with E-state index in [2.05, 4.69) is 21.2 Å². The molecule has 0 aliphatic rings. The average Bonchev–Trinajstić information content (AvgIpc) is 2.56. The molecule has 0 saturated heterocycles. The van der Waals surface area contributed by atoms with Crippen LogP contribution in [0.5, 0.6) is 0 Å². The number of thiophene rings is 1. The lowest BCUT2D eigenvalue weighted by atomic mass is 10.2. The van der Waals surface area contributed by atoms with Gasteiger partial charge in [0.15, 0.2) is 0 Å². The van der Waals surface area contributed by atoms with E-state index in [0.29, 0.717) is 15.9 Å². The highest BCUT2D eigenvalue weighted by molar-refractivity contribution is 9.11. The van der Waals surface area contributed by atoms with Crippen LogP contribution in [-0.2, 0) is 4.79 Å². The molecule has 0 bridgehead atoms. The number of carboxylic acid groups (broad SMARTS) is 1. The highest BCUT2D eigenvalue weighted by atomic mass is 79.9. The van der Waals surface area contributed by atoms with Crippen molar-refractivity contribution in [3.8, 4) is 0 Å². The molecule has 1 heterocycles. The van der Waals surface area contributed by atoms with Crippen molar-refractivity contribution in [3.63, 3.8) is 0 Å². The molecular weight excluding hydrogens is 294 g/mol. The Morgan fingerprint density at radius 1 is 1.56 bits per heavy atom. The van der Waals surface area contributed by atoms with Crippen molar-refractivity contribution >= 4 is 44.8 Å². The molecule has 0 fully saturated rings. The number of hydrogen-bond donors (Lipinski definition) is 2. The second-order valence-electron chi connectivity index (χ2n) is 3.25. The number of unbranched alkanes of at least 4 members (excludes halogenated alkanes) is 1. The summed E-state index contributed by atoms with van der Waals surface area (Å²) in [6.45, 7) is 2.00. The highest BCUT2D eigenvalue weighted by Crippen LogP contribution is 2.31. The monoisotopic (exact) mass is 305 g/mol. The molecule has 0 aromatic carbocycles. The fourth-order valence-corrected chi connectivity index (χ4v) is 2.56. The molecule has 0 saturated carbocycles. The Bertz CT molecular complexity index is 403. The van der Waals surface area contributed by atoms with E-state index in [1.54, 1.807) is 6.07 Å². The molecular formula is C10H12BrNO3S. The summed E-state index contributed by atoms with van der Waals surface area (Å²) in [5.41, 5.74) is 0.366. The number of hydrogen-bond acceptors (Lipinski definition) is 3. The minimum atomic E-state index is -1.03. The maximum Gasteiger partial charge on any atom is 0.348 e. The van der Waals surface area contributed by atoms with Gasteiger partial charge >= 0.3 is 5.97 Å². The van der Waals surface area contributed by atoms with E-state index in [9.17, 15) is 9.59 Å². The minimum Gasteiger partial charge on any atom is -0.477 e. The fraction of sp³-hybridized carbons (Fsp3) is 0.400. The van der Waals surface area contributed by atoms with Crippen LogP contribution in [0.2, 0.25) is 0 Å². The van der Waals surface area contributed by atoms with Gasteiger partial charge in [0.1, 0.15) is 4.88 Å². The van der Waals surface area contributed by atoms with Crippen LogP contribution in [0.25, 0.3) is 0 Å². The van der Waals surface area contributed by atoms with Crippen molar-refractivity contribution < 1.29 is 14.7 Å². The van der Waals surface area contributed by atoms with Gasteiger partial charge in [-0.2, -0.15) is 0 Å². The van der Waals surface area contributed by atoms with Crippen LogP contribution in [0, 0.1) is 0 Å². The van der Waals surface area contributed by atoms with Crippen LogP contribution in [0.4, 0.5) is 5.69 Å². The maximum absolute atomic E-state index is 11.4. The number of amides is 1. The van der Waals surface area contributed by atoms with Crippen molar-refractivity contribution in [2.45, 2.75) is 26.2 Å². The molecule has 0 aliphatic carbocycles. The number of carboxylic acids is 1. The zero-order valence-corrected chi connectivity index (χ0v) is 11.2. The van der Waals surface area contributed by atoms with Crippen molar-refractivity contribution in [1.29, 1.82) is 0 Å². The van der Waals surface area contributed by atoms with Gasteiger partial charge in [-0.05, 0) is 28.4 Å². The Morgan fingerprint density at radius 2 is 2.25 bits per heavy atom.